The van der Waals surface area contributed by atoms with E-state index < -0.39 is 0 Å². The summed E-state index contributed by atoms with van der Waals surface area (Å²) in [6, 6.07) is 0. The Morgan fingerprint density at radius 3 is 3.19 bits per heavy atom. The first-order valence-corrected chi connectivity index (χ1v) is 5.86. The number of aromatic nitrogens is 1. The van der Waals surface area contributed by atoms with E-state index in [1.807, 2.05) is 0 Å². The Balaban J connectivity index is 2.27. The van der Waals surface area contributed by atoms with Crippen molar-refractivity contribution < 1.29 is 4.74 Å². The highest BCUT2D eigenvalue weighted by molar-refractivity contribution is 7.09. The largest absolute Gasteiger partial charge is 0.385 e. The minimum atomic E-state index is 0.585. The molecule has 16 heavy (non-hydrogen) atoms. The van der Waals surface area contributed by atoms with Gasteiger partial charge in [-0.2, -0.15) is 0 Å². The summed E-state index contributed by atoms with van der Waals surface area (Å²) < 4.78 is 4.94. The van der Waals surface area contributed by atoms with Crippen LogP contribution in [0.2, 0.25) is 0 Å². The van der Waals surface area contributed by atoms with Crippen LogP contribution in [0.25, 0.3) is 0 Å². The molecular formula is C9H17N5OS. The summed E-state index contributed by atoms with van der Waals surface area (Å²) in [6.07, 6.45) is 2.71. The van der Waals surface area contributed by atoms with Gasteiger partial charge in [0.05, 0.1) is 12.1 Å². The first kappa shape index (κ1) is 12.9. The molecule has 1 aromatic heterocycles. The summed E-state index contributed by atoms with van der Waals surface area (Å²) in [5.41, 5.74) is 4.31. The molecule has 90 valence electrons. The molecule has 0 radical (unpaired) electrons. The number of rotatable bonds is 6. The fourth-order valence-corrected chi connectivity index (χ4v) is 1.57. The summed E-state index contributed by atoms with van der Waals surface area (Å²) in [7, 11) is 1.68. The number of nitrogens with one attached hydrogen (secondary N) is 2. The molecule has 0 spiro atoms. The monoisotopic (exact) mass is 243 g/mol. The van der Waals surface area contributed by atoms with Gasteiger partial charge in [-0.25, -0.2) is 10.8 Å². The normalized spacial score (nSPS) is 11.5. The SMILES string of the molecule is COCCCNC(=NCc1cncs1)NN. The van der Waals surface area contributed by atoms with Gasteiger partial charge in [-0.05, 0) is 6.42 Å². The summed E-state index contributed by atoms with van der Waals surface area (Å²) >= 11 is 1.57. The topological polar surface area (TPSA) is 84.6 Å². The summed E-state index contributed by atoms with van der Waals surface area (Å²) in [5, 5.41) is 3.08. The smallest absolute Gasteiger partial charge is 0.206 e. The van der Waals surface area contributed by atoms with Crippen molar-refractivity contribution in [2.75, 3.05) is 20.3 Å². The van der Waals surface area contributed by atoms with Crippen LogP contribution in [-0.4, -0.2) is 31.2 Å². The van der Waals surface area contributed by atoms with Gasteiger partial charge in [-0.1, -0.05) is 0 Å². The molecule has 1 rings (SSSR count). The van der Waals surface area contributed by atoms with Crippen LogP contribution < -0.4 is 16.6 Å². The van der Waals surface area contributed by atoms with Crippen molar-refractivity contribution in [2.24, 2.45) is 10.8 Å². The Hall–Kier alpha value is -1.18. The summed E-state index contributed by atoms with van der Waals surface area (Å²) in [6.45, 7) is 2.08. The number of nitrogens with two attached hydrogens (primary N) is 1. The van der Waals surface area contributed by atoms with Crippen molar-refractivity contribution in [3.63, 3.8) is 0 Å². The third-order valence-electron chi connectivity index (χ3n) is 1.83. The zero-order valence-electron chi connectivity index (χ0n) is 9.27. The first-order chi connectivity index (χ1) is 7.86. The van der Waals surface area contributed by atoms with Crippen molar-refractivity contribution in [2.45, 2.75) is 13.0 Å². The Morgan fingerprint density at radius 1 is 1.69 bits per heavy atom. The van der Waals surface area contributed by atoms with E-state index in [-0.39, 0.29) is 0 Å². The maximum atomic E-state index is 5.34. The van der Waals surface area contributed by atoms with E-state index in [0.29, 0.717) is 12.5 Å². The van der Waals surface area contributed by atoms with Crippen LogP contribution in [0, 0.1) is 0 Å². The molecule has 4 N–H and O–H groups in total. The van der Waals surface area contributed by atoms with Crippen molar-refractivity contribution in [3.8, 4) is 0 Å². The van der Waals surface area contributed by atoms with Gasteiger partial charge in [0.1, 0.15) is 0 Å². The molecule has 1 aromatic rings. The minimum Gasteiger partial charge on any atom is -0.385 e. The van der Waals surface area contributed by atoms with E-state index in [0.717, 1.165) is 24.4 Å². The zero-order valence-corrected chi connectivity index (χ0v) is 10.1. The van der Waals surface area contributed by atoms with Crippen LogP contribution in [0.3, 0.4) is 0 Å². The predicted molar refractivity (Wildman–Crippen MR) is 65.1 cm³/mol. The van der Waals surface area contributed by atoms with E-state index in [9.17, 15) is 0 Å². The molecule has 0 aliphatic carbocycles. The molecule has 7 heteroatoms. The lowest BCUT2D eigenvalue weighted by atomic mass is 10.4. The van der Waals surface area contributed by atoms with Crippen LogP contribution in [0.5, 0.6) is 0 Å². The number of thiazole rings is 1. The van der Waals surface area contributed by atoms with Crippen LogP contribution >= 0.6 is 11.3 Å². The molecule has 0 aromatic carbocycles. The Labute approximate surface area is 98.9 Å². The van der Waals surface area contributed by atoms with Crippen LogP contribution in [0.1, 0.15) is 11.3 Å². The van der Waals surface area contributed by atoms with Gasteiger partial charge < -0.3 is 10.1 Å². The lowest BCUT2D eigenvalue weighted by Gasteiger charge is -2.08. The van der Waals surface area contributed by atoms with Crippen LogP contribution in [0.4, 0.5) is 0 Å². The molecule has 1 heterocycles. The van der Waals surface area contributed by atoms with Gasteiger partial charge in [-0.15, -0.1) is 11.3 Å². The number of nitrogens with zero attached hydrogens (tertiary/aromatic N) is 2. The molecular weight excluding hydrogens is 226 g/mol. The average molecular weight is 243 g/mol. The molecule has 0 amide bonds. The number of hydrogen-bond donors (Lipinski definition) is 3. The van der Waals surface area contributed by atoms with Gasteiger partial charge in [0.15, 0.2) is 0 Å². The quantitative estimate of drug-likeness (QED) is 0.217. The maximum absolute atomic E-state index is 5.34. The number of guanidine groups is 1. The van der Waals surface area contributed by atoms with Gasteiger partial charge in [-0.3, -0.25) is 10.4 Å². The predicted octanol–water partition coefficient (Wildman–Crippen LogP) is 0.0885. The van der Waals surface area contributed by atoms with Gasteiger partial charge in [0.25, 0.3) is 0 Å². The molecule has 0 atom stereocenters. The van der Waals surface area contributed by atoms with Crippen molar-refractivity contribution in [3.05, 3.63) is 16.6 Å². The number of methoxy groups -OCH3 is 1. The second-order valence-electron chi connectivity index (χ2n) is 3.05. The fraction of sp³-hybridized carbons (Fsp3) is 0.556. The minimum absolute atomic E-state index is 0.585. The molecule has 0 aliphatic heterocycles. The van der Waals surface area contributed by atoms with E-state index in [1.54, 1.807) is 30.2 Å². The van der Waals surface area contributed by atoms with E-state index in [1.165, 1.54) is 0 Å². The second-order valence-corrected chi connectivity index (χ2v) is 4.02. The summed E-state index contributed by atoms with van der Waals surface area (Å²) in [4.78, 5) is 9.36. The Morgan fingerprint density at radius 2 is 2.56 bits per heavy atom. The number of hydrogen-bond acceptors (Lipinski definition) is 5. The summed E-state index contributed by atoms with van der Waals surface area (Å²) in [5.74, 6) is 5.93. The Bertz CT molecular complexity index is 301. The van der Waals surface area contributed by atoms with E-state index in [2.05, 4.69) is 20.7 Å². The van der Waals surface area contributed by atoms with Gasteiger partial charge in [0, 0.05) is 31.3 Å². The molecule has 0 aliphatic rings. The van der Waals surface area contributed by atoms with E-state index >= 15 is 0 Å². The van der Waals surface area contributed by atoms with Crippen molar-refractivity contribution >= 4 is 17.3 Å². The van der Waals surface area contributed by atoms with Crippen molar-refractivity contribution in [1.82, 2.24) is 15.7 Å². The number of ether oxygens (including phenoxy) is 1. The van der Waals surface area contributed by atoms with Crippen molar-refractivity contribution in [1.29, 1.82) is 0 Å². The number of aliphatic imine (C=N–C) groups is 1. The molecule has 0 saturated heterocycles. The van der Waals surface area contributed by atoms with Crippen LogP contribution in [0.15, 0.2) is 16.7 Å². The highest BCUT2D eigenvalue weighted by atomic mass is 32.1. The van der Waals surface area contributed by atoms with Gasteiger partial charge in [0.2, 0.25) is 5.96 Å². The molecule has 0 saturated carbocycles. The highest BCUT2D eigenvalue weighted by Gasteiger charge is 1.96. The third kappa shape index (κ3) is 5.06. The highest BCUT2D eigenvalue weighted by Crippen LogP contribution is 2.06. The molecule has 6 nitrogen and oxygen atoms in total. The lowest BCUT2D eigenvalue weighted by molar-refractivity contribution is 0.195. The zero-order chi connectivity index (χ0) is 11.6. The lowest BCUT2D eigenvalue weighted by Crippen LogP contribution is -2.42. The standard InChI is InChI=1S/C9H17N5OS/c1-15-4-2-3-12-9(14-10)13-6-8-5-11-7-16-8/h5,7H,2-4,6,10H2,1H3,(H2,12,13,14). The number of hydrazine groups is 1. The Kier molecular flexibility index (Phi) is 6.47. The second kappa shape index (κ2) is 8.03. The fourth-order valence-electron chi connectivity index (χ4n) is 1.05. The molecule has 0 fully saturated rings. The third-order valence-corrected chi connectivity index (χ3v) is 2.60. The van der Waals surface area contributed by atoms with Crippen LogP contribution in [-0.2, 0) is 11.3 Å². The van der Waals surface area contributed by atoms with E-state index in [4.69, 9.17) is 10.6 Å². The molecule has 0 bridgehead atoms. The average Bonchev–Trinajstić information content (AvgIpc) is 2.81. The maximum Gasteiger partial charge on any atom is 0.206 e. The first-order valence-electron chi connectivity index (χ1n) is 4.98. The molecule has 0 unspecified atom stereocenters. The van der Waals surface area contributed by atoms with Gasteiger partial charge >= 0.3 is 0 Å².